The molecule has 1 amide bonds. The summed E-state index contributed by atoms with van der Waals surface area (Å²) in [5.41, 5.74) is 0.460. The van der Waals surface area contributed by atoms with Crippen molar-refractivity contribution in [2.75, 3.05) is 37.0 Å². The minimum Gasteiger partial charge on any atom is -0.363 e. The van der Waals surface area contributed by atoms with Gasteiger partial charge in [0.15, 0.2) is 0 Å². The van der Waals surface area contributed by atoms with Crippen LogP contribution in [-0.4, -0.2) is 54.1 Å². The fraction of sp³-hybridized carbons (Fsp3) is 0.412. The maximum atomic E-state index is 12.2. The van der Waals surface area contributed by atoms with Crippen molar-refractivity contribution in [3.05, 3.63) is 42.4 Å². The molecule has 1 aliphatic rings. The molecule has 24 heavy (non-hydrogen) atoms. The van der Waals surface area contributed by atoms with Gasteiger partial charge in [0, 0.05) is 45.6 Å². The summed E-state index contributed by atoms with van der Waals surface area (Å²) in [7, 11) is 3.93. The van der Waals surface area contributed by atoms with Crippen LogP contribution < -0.4 is 15.1 Å². The van der Waals surface area contributed by atoms with Crippen LogP contribution in [0.15, 0.2) is 36.7 Å². The van der Waals surface area contributed by atoms with E-state index in [1.165, 1.54) is 0 Å². The van der Waals surface area contributed by atoms with Crippen molar-refractivity contribution in [1.82, 2.24) is 20.3 Å². The first-order valence-corrected chi connectivity index (χ1v) is 8.10. The van der Waals surface area contributed by atoms with Crippen LogP contribution >= 0.6 is 0 Å². The summed E-state index contributed by atoms with van der Waals surface area (Å²) in [5.74, 6) is 1.53. The molecule has 3 rings (SSSR count). The highest BCUT2D eigenvalue weighted by atomic mass is 16.1. The molecule has 0 saturated carbocycles. The number of amides is 1. The van der Waals surface area contributed by atoms with E-state index in [0.717, 1.165) is 37.7 Å². The molecule has 0 aromatic carbocycles. The Morgan fingerprint density at radius 2 is 1.96 bits per heavy atom. The lowest BCUT2D eigenvalue weighted by molar-refractivity contribution is 0.0926. The van der Waals surface area contributed by atoms with Crippen molar-refractivity contribution < 1.29 is 4.79 Å². The Labute approximate surface area is 141 Å². The zero-order chi connectivity index (χ0) is 16.9. The molecule has 0 atom stereocenters. The number of hydrogen-bond acceptors (Lipinski definition) is 6. The number of aromatic nitrogens is 3. The lowest BCUT2D eigenvalue weighted by Crippen LogP contribution is -2.45. The quantitative estimate of drug-likeness (QED) is 0.914. The minimum atomic E-state index is -0.111. The largest absolute Gasteiger partial charge is 0.363 e. The van der Waals surface area contributed by atoms with Crippen molar-refractivity contribution in [2.45, 2.75) is 18.9 Å². The number of pyridine rings is 1. The van der Waals surface area contributed by atoms with Gasteiger partial charge < -0.3 is 15.1 Å². The third-order valence-corrected chi connectivity index (χ3v) is 4.10. The van der Waals surface area contributed by atoms with Crippen molar-refractivity contribution in [1.29, 1.82) is 0 Å². The van der Waals surface area contributed by atoms with Gasteiger partial charge in [0.25, 0.3) is 5.91 Å². The fourth-order valence-corrected chi connectivity index (χ4v) is 2.72. The second-order valence-electron chi connectivity index (χ2n) is 6.06. The van der Waals surface area contributed by atoms with E-state index >= 15 is 0 Å². The first-order chi connectivity index (χ1) is 11.6. The first kappa shape index (κ1) is 16.2. The van der Waals surface area contributed by atoms with Gasteiger partial charge >= 0.3 is 0 Å². The van der Waals surface area contributed by atoms with Crippen molar-refractivity contribution >= 4 is 17.7 Å². The van der Waals surface area contributed by atoms with Gasteiger partial charge in [-0.3, -0.25) is 9.78 Å². The second kappa shape index (κ2) is 7.25. The van der Waals surface area contributed by atoms with E-state index in [1.807, 2.05) is 31.1 Å². The van der Waals surface area contributed by atoms with Gasteiger partial charge in [-0.25, -0.2) is 4.98 Å². The summed E-state index contributed by atoms with van der Waals surface area (Å²) in [5, 5.41) is 3.06. The summed E-state index contributed by atoms with van der Waals surface area (Å²) < 4.78 is 0. The Kier molecular flexibility index (Phi) is 4.88. The number of nitrogens with zero attached hydrogens (tertiary/aromatic N) is 5. The van der Waals surface area contributed by atoms with E-state index in [2.05, 4.69) is 25.2 Å². The van der Waals surface area contributed by atoms with Crippen LogP contribution in [0.25, 0.3) is 0 Å². The second-order valence-corrected chi connectivity index (χ2v) is 6.06. The van der Waals surface area contributed by atoms with Gasteiger partial charge in [0.2, 0.25) is 5.95 Å². The van der Waals surface area contributed by atoms with E-state index in [9.17, 15) is 4.79 Å². The third kappa shape index (κ3) is 3.79. The Hall–Kier alpha value is -2.70. The van der Waals surface area contributed by atoms with Crippen LogP contribution in [0.1, 0.15) is 23.3 Å². The molecule has 126 valence electrons. The predicted molar refractivity (Wildman–Crippen MR) is 93.3 cm³/mol. The normalized spacial score (nSPS) is 15.2. The monoisotopic (exact) mass is 326 g/mol. The lowest BCUT2D eigenvalue weighted by atomic mass is 10.1. The van der Waals surface area contributed by atoms with Crippen molar-refractivity contribution in [3.63, 3.8) is 0 Å². The summed E-state index contributed by atoms with van der Waals surface area (Å²) >= 11 is 0. The molecule has 3 heterocycles. The van der Waals surface area contributed by atoms with Crippen molar-refractivity contribution in [2.24, 2.45) is 0 Å². The van der Waals surface area contributed by atoms with Crippen LogP contribution in [-0.2, 0) is 0 Å². The third-order valence-electron chi connectivity index (χ3n) is 4.10. The number of anilines is 2. The maximum Gasteiger partial charge on any atom is 0.270 e. The predicted octanol–water partition coefficient (Wildman–Crippen LogP) is 1.34. The Balaban J connectivity index is 1.56. The molecule has 1 saturated heterocycles. The molecule has 1 aliphatic heterocycles. The highest BCUT2D eigenvalue weighted by Crippen LogP contribution is 2.18. The van der Waals surface area contributed by atoms with Crippen LogP contribution in [0.2, 0.25) is 0 Å². The summed E-state index contributed by atoms with van der Waals surface area (Å²) in [6.07, 6.45) is 5.15. The average Bonchev–Trinajstić information content (AvgIpc) is 2.63. The number of carbonyl (C=O) groups excluding carboxylic acids is 1. The molecule has 0 aliphatic carbocycles. The smallest absolute Gasteiger partial charge is 0.270 e. The van der Waals surface area contributed by atoms with Crippen molar-refractivity contribution in [3.8, 4) is 0 Å². The number of hydrogen-bond donors (Lipinski definition) is 1. The lowest BCUT2D eigenvalue weighted by Gasteiger charge is -2.32. The summed E-state index contributed by atoms with van der Waals surface area (Å²) in [6.45, 7) is 1.65. The van der Waals surface area contributed by atoms with E-state index in [0.29, 0.717) is 5.69 Å². The molecule has 2 aromatic heterocycles. The van der Waals surface area contributed by atoms with E-state index < -0.39 is 0 Å². The first-order valence-electron chi connectivity index (χ1n) is 8.10. The summed E-state index contributed by atoms with van der Waals surface area (Å²) in [6, 6.07) is 7.40. The van der Waals surface area contributed by atoms with Crippen LogP contribution in [0.5, 0.6) is 0 Å². The molecule has 7 heteroatoms. The number of nitrogens with one attached hydrogen (secondary N) is 1. The Morgan fingerprint density at radius 1 is 1.17 bits per heavy atom. The molecule has 2 aromatic rings. The molecular formula is C17H22N6O. The van der Waals surface area contributed by atoms with Crippen LogP contribution in [0.4, 0.5) is 11.8 Å². The number of carbonyl (C=O) groups is 1. The minimum absolute atomic E-state index is 0.111. The SMILES string of the molecule is CN(C)c1ccnc(N2CCC(NC(=O)c3ccccn3)CC2)n1. The molecule has 0 unspecified atom stereocenters. The molecular weight excluding hydrogens is 304 g/mol. The van der Waals surface area contributed by atoms with Gasteiger partial charge in [-0.15, -0.1) is 0 Å². The molecule has 0 spiro atoms. The van der Waals surface area contributed by atoms with Gasteiger partial charge in [0.1, 0.15) is 11.5 Å². The van der Waals surface area contributed by atoms with Crippen LogP contribution in [0, 0.1) is 0 Å². The summed E-state index contributed by atoms with van der Waals surface area (Å²) in [4.78, 5) is 29.3. The van der Waals surface area contributed by atoms with E-state index in [4.69, 9.17) is 0 Å². The zero-order valence-electron chi connectivity index (χ0n) is 14.0. The van der Waals surface area contributed by atoms with Gasteiger partial charge in [-0.1, -0.05) is 6.07 Å². The molecule has 1 fully saturated rings. The van der Waals surface area contributed by atoms with Crippen LogP contribution in [0.3, 0.4) is 0 Å². The zero-order valence-corrected chi connectivity index (χ0v) is 14.0. The molecule has 0 bridgehead atoms. The Bertz CT molecular complexity index is 682. The molecule has 0 radical (unpaired) electrons. The highest BCUT2D eigenvalue weighted by Gasteiger charge is 2.23. The van der Waals surface area contributed by atoms with Gasteiger partial charge in [-0.05, 0) is 31.0 Å². The van der Waals surface area contributed by atoms with Gasteiger partial charge in [0.05, 0.1) is 0 Å². The average molecular weight is 326 g/mol. The standard InChI is InChI=1S/C17H22N6O/c1-22(2)15-6-10-19-17(21-15)23-11-7-13(8-12-23)20-16(24)14-5-3-4-9-18-14/h3-6,9-10,13H,7-8,11-12H2,1-2H3,(H,20,24). The van der Waals surface area contributed by atoms with E-state index in [1.54, 1.807) is 24.5 Å². The highest BCUT2D eigenvalue weighted by molar-refractivity contribution is 5.92. The molecule has 1 N–H and O–H groups in total. The van der Waals surface area contributed by atoms with E-state index in [-0.39, 0.29) is 11.9 Å². The maximum absolute atomic E-state index is 12.2. The fourth-order valence-electron chi connectivity index (χ4n) is 2.72. The number of piperidine rings is 1. The Morgan fingerprint density at radius 3 is 2.62 bits per heavy atom. The van der Waals surface area contributed by atoms with Gasteiger partial charge in [-0.2, -0.15) is 4.98 Å². The topological polar surface area (TPSA) is 74.2 Å². The molecule has 7 nitrogen and oxygen atoms in total. The number of rotatable bonds is 4.